The lowest BCUT2D eigenvalue weighted by molar-refractivity contribution is -0.135. The fourth-order valence-corrected chi connectivity index (χ4v) is 2.04. The van der Waals surface area contributed by atoms with E-state index in [1.807, 2.05) is 6.92 Å². The lowest BCUT2D eigenvalue weighted by atomic mass is 10.2. The highest BCUT2D eigenvalue weighted by atomic mass is 16.5. The molecule has 6 nitrogen and oxygen atoms in total. The predicted octanol–water partition coefficient (Wildman–Crippen LogP) is 2.10. The summed E-state index contributed by atoms with van der Waals surface area (Å²) in [6.45, 7) is 3.90. The minimum Gasteiger partial charge on any atom is -0.360 e. The van der Waals surface area contributed by atoms with Crippen LogP contribution in [0.15, 0.2) is 10.6 Å². The van der Waals surface area contributed by atoms with Gasteiger partial charge in [0.25, 0.3) is 0 Å². The number of aromatic nitrogens is 1. The van der Waals surface area contributed by atoms with E-state index in [1.54, 1.807) is 17.9 Å². The molecule has 1 aromatic heterocycles. The molecule has 2 amide bonds. The van der Waals surface area contributed by atoms with Gasteiger partial charge in [0.2, 0.25) is 11.8 Å². The molecule has 0 unspecified atom stereocenters. The standard InChI is InChI=1S/C14H21N3O3/c1-3-4-5-14(19)17(11-6-7-11)9-13(18)15-12-8-10(2)20-16-12/h8,11H,3-7,9H2,1-2H3,(H,15,16,18). The normalized spacial score (nSPS) is 14.1. The first-order valence-corrected chi connectivity index (χ1v) is 7.12. The molecule has 110 valence electrons. The summed E-state index contributed by atoms with van der Waals surface area (Å²) in [5.41, 5.74) is 0. The monoisotopic (exact) mass is 279 g/mol. The maximum Gasteiger partial charge on any atom is 0.245 e. The first-order valence-electron chi connectivity index (χ1n) is 7.12. The maximum absolute atomic E-state index is 12.1. The van der Waals surface area contributed by atoms with Crippen molar-refractivity contribution < 1.29 is 14.1 Å². The number of carbonyl (C=O) groups is 2. The third kappa shape index (κ3) is 4.08. The van der Waals surface area contributed by atoms with Crippen LogP contribution in [0, 0.1) is 6.92 Å². The van der Waals surface area contributed by atoms with Crippen LogP contribution in [0.3, 0.4) is 0 Å². The zero-order valence-corrected chi connectivity index (χ0v) is 12.0. The number of amides is 2. The lowest BCUT2D eigenvalue weighted by Gasteiger charge is -2.21. The van der Waals surface area contributed by atoms with Crippen molar-refractivity contribution in [1.29, 1.82) is 0 Å². The van der Waals surface area contributed by atoms with E-state index in [-0.39, 0.29) is 24.4 Å². The molecular formula is C14H21N3O3. The molecule has 1 heterocycles. The van der Waals surface area contributed by atoms with Gasteiger partial charge in [-0.2, -0.15) is 0 Å². The van der Waals surface area contributed by atoms with Gasteiger partial charge < -0.3 is 14.7 Å². The van der Waals surface area contributed by atoms with Crippen molar-refractivity contribution in [2.24, 2.45) is 0 Å². The van der Waals surface area contributed by atoms with Gasteiger partial charge in [0.05, 0.1) is 0 Å². The van der Waals surface area contributed by atoms with E-state index in [4.69, 9.17) is 4.52 Å². The Balaban J connectivity index is 1.87. The number of nitrogens with zero attached hydrogens (tertiary/aromatic N) is 2. The third-order valence-electron chi connectivity index (χ3n) is 3.26. The van der Waals surface area contributed by atoms with Gasteiger partial charge in [-0.15, -0.1) is 0 Å². The first kappa shape index (κ1) is 14.6. The summed E-state index contributed by atoms with van der Waals surface area (Å²) in [7, 11) is 0. The van der Waals surface area contributed by atoms with Crippen LogP contribution in [0.2, 0.25) is 0 Å². The number of nitrogens with one attached hydrogen (secondary N) is 1. The molecule has 1 aliphatic carbocycles. The van der Waals surface area contributed by atoms with Crippen molar-refractivity contribution in [3.05, 3.63) is 11.8 Å². The second-order valence-corrected chi connectivity index (χ2v) is 5.23. The van der Waals surface area contributed by atoms with E-state index in [0.29, 0.717) is 18.0 Å². The Hall–Kier alpha value is -1.85. The highest BCUT2D eigenvalue weighted by Gasteiger charge is 2.33. The van der Waals surface area contributed by atoms with Crippen LogP contribution < -0.4 is 5.32 Å². The van der Waals surface area contributed by atoms with Crippen molar-refractivity contribution in [3.63, 3.8) is 0 Å². The molecule has 6 heteroatoms. The van der Waals surface area contributed by atoms with E-state index in [0.717, 1.165) is 25.7 Å². The fraction of sp³-hybridized carbons (Fsp3) is 0.643. The smallest absolute Gasteiger partial charge is 0.245 e. The fourth-order valence-electron chi connectivity index (χ4n) is 2.04. The molecule has 0 spiro atoms. The molecule has 0 radical (unpaired) electrons. The minimum absolute atomic E-state index is 0.0702. The molecule has 20 heavy (non-hydrogen) atoms. The summed E-state index contributed by atoms with van der Waals surface area (Å²) in [6.07, 6.45) is 4.35. The Bertz CT molecular complexity index is 480. The summed E-state index contributed by atoms with van der Waals surface area (Å²) in [6, 6.07) is 1.89. The van der Waals surface area contributed by atoms with E-state index in [1.165, 1.54) is 0 Å². The van der Waals surface area contributed by atoms with Crippen molar-refractivity contribution >= 4 is 17.6 Å². The van der Waals surface area contributed by atoms with E-state index in [2.05, 4.69) is 10.5 Å². The van der Waals surface area contributed by atoms with Gasteiger partial charge in [-0.25, -0.2) is 0 Å². The van der Waals surface area contributed by atoms with Gasteiger partial charge in [0.15, 0.2) is 5.82 Å². The molecule has 0 aromatic carbocycles. The Labute approximate surface area is 118 Å². The zero-order chi connectivity index (χ0) is 14.5. The van der Waals surface area contributed by atoms with Crippen LogP contribution in [0.25, 0.3) is 0 Å². The van der Waals surface area contributed by atoms with Crippen LogP contribution in [-0.2, 0) is 9.59 Å². The van der Waals surface area contributed by atoms with Crippen LogP contribution in [0.1, 0.15) is 44.8 Å². The van der Waals surface area contributed by atoms with Crippen LogP contribution in [-0.4, -0.2) is 34.5 Å². The quantitative estimate of drug-likeness (QED) is 0.829. The molecule has 0 saturated heterocycles. The van der Waals surface area contributed by atoms with Crippen LogP contribution in [0.5, 0.6) is 0 Å². The Morgan fingerprint density at radius 2 is 2.25 bits per heavy atom. The molecule has 1 N–H and O–H groups in total. The Kier molecular flexibility index (Phi) is 4.76. The average Bonchev–Trinajstić information content (AvgIpc) is 3.17. The molecular weight excluding hydrogens is 258 g/mol. The van der Waals surface area contributed by atoms with Gasteiger partial charge in [0.1, 0.15) is 12.3 Å². The molecule has 0 atom stereocenters. The van der Waals surface area contributed by atoms with E-state index in [9.17, 15) is 9.59 Å². The third-order valence-corrected chi connectivity index (χ3v) is 3.26. The van der Waals surface area contributed by atoms with Gasteiger partial charge >= 0.3 is 0 Å². The molecule has 1 saturated carbocycles. The SMILES string of the molecule is CCCCC(=O)N(CC(=O)Nc1cc(C)on1)C1CC1. The second-order valence-electron chi connectivity index (χ2n) is 5.23. The number of carbonyl (C=O) groups excluding carboxylic acids is 2. The molecule has 1 fully saturated rings. The molecule has 1 aromatic rings. The van der Waals surface area contributed by atoms with Gasteiger partial charge in [-0.05, 0) is 26.2 Å². The molecule has 2 rings (SSSR count). The van der Waals surface area contributed by atoms with Crippen molar-refractivity contribution in [1.82, 2.24) is 10.1 Å². The topological polar surface area (TPSA) is 75.4 Å². The van der Waals surface area contributed by atoms with Gasteiger partial charge in [0, 0.05) is 18.5 Å². The lowest BCUT2D eigenvalue weighted by Crippen LogP contribution is -2.39. The summed E-state index contributed by atoms with van der Waals surface area (Å²) in [5, 5.41) is 6.36. The summed E-state index contributed by atoms with van der Waals surface area (Å²) < 4.78 is 4.89. The first-order chi connectivity index (χ1) is 9.60. The van der Waals surface area contributed by atoms with E-state index >= 15 is 0 Å². The number of anilines is 1. The Morgan fingerprint density at radius 3 is 2.80 bits per heavy atom. The number of unbranched alkanes of at least 4 members (excludes halogenated alkanes) is 1. The highest BCUT2D eigenvalue weighted by Crippen LogP contribution is 2.27. The summed E-state index contributed by atoms with van der Waals surface area (Å²) in [4.78, 5) is 25.7. The number of rotatable bonds is 7. The van der Waals surface area contributed by atoms with Crippen molar-refractivity contribution in [2.75, 3.05) is 11.9 Å². The molecule has 0 aliphatic heterocycles. The highest BCUT2D eigenvalue weighted by molar-refractivity contribution is 5.94. The average molecular weight is 279 g/mol. The number of hydrogen-bond acceptors (Lipinski definition) is 4. The second kappa shape index (κ2) is 6.54. The summed E-state index contributed by atoms with van der Waals surface area (Å²) in [5.74, 6) is 0.874. The number of aryl methyl sites for hydroxylation is 1. The van der Waals surface area contributed by atoms with Crippen LogP contribution >= 0.6 is 0 Å². The van der Waals surface area contributed by atoms with E-state index < -0.39 is 0 Å². The number of hydrogen-bond donors (Lipinski definition) is 1. The zero-order valence-electron chi connectivity index (χ0n) is 12.0. The predicted molar refractivity (Wildman–Crippen MR) is 74.1 cm³/mol. The van der Waals surface area contributed by atoms with Gasteiger partial charge in [-0.3, -0.25) is 9.59 Å². The van der Waals surface area contributed by atoms with Crippen LogP contribution in [0.4, 0.5) is 5.82 Å². The molecule has 0 bridgehead atoms. The maximum atomic E-state index is 12.1. The largest absolute Gasteiger partial charge is 0.360 e. The summed E-state index contributed by atoms with van der Waals surface area (Å²) >= 11 is 0. The Morgan fingerprint density at radius 1 is 1.50 bits per heavy atom. The van der Waals surface area contributed by atoms with Crippen molar-refractivity contribution in [3.8, 4) is 0 Å². The molecule has 1 aliphatic rings. The van der Waals surface area contributed by atoms with Crippen molar-refractivity contribution in [2.45, 2.75) is 52.0 Å². The minimum atomic E-state index is -0.227. The van der Waals surface area contributed by atoms with Gasteiger partial charge in [-0.1, -0.05) is 18.5 Å².